The Morgan fingerprint density at radius 3 is 2.57 bits per heavy atom. The van der Waals surface area contributed by atoms with Crippen molar-refractivity contribution in [3.05, 3.63) is 0 Å². The zero-order valence-corrected chi connectivity index (χ0v) is 9.25. The zero-order chi connectivity index (χ0) is 10.6. The van der Waals surface area contributed by atoms with Crippen molar-refractivity contribution in [2.75, 3.05) is 27.3 Å². The molecule has 0 bridgehead atoms. The van der Waals surface area contributed by atoms with E-state index in [0.717, 1.165) is 26.1 Å². The predicted octanol–water partition coefficient (Wildman–Crippen LogP) is 0.232. The molecule has 4 heteroatoms. The van der Waals surface area contributed by atoms with Gasteiger partial charge in [-0.2, -0.15) is 0 Å². The van der Waals surface area contributed by atoms with E-state index in [-0.39, 0.29) is 11.9 Å². The van der Waals surface area contributed by atoms with E-state index in [2.05, 4.69) is 5.32 Å². The van der Waals surface area contributed by atoms with E-state index in [4.69, 9.17) is 4.74 Å². The molecule has 14 heavy (non-hydrogen) atoms. The van der Waals surface area contributed by atoms with Crippen LogP contribution in [0, 0.1) is 0 Å². The van der Waals surface area contributed by atoms with Crippen molar-refractivity contribution in [1.82, 2.24) is 10.2 Å². The molecule has 1 saturated heterocycles. The second-order valence-corrected chi connectivity index (χ2v) is 3.80. The van der Waals surface area contributed by atoms with Crippen molar-refractivity contribution in [2.24, 2.45) is 0 Å². The molecular weight excluding hydrogens is 180 g/mol. The van der Waals surface area contributed by atoms with Gasteiger partial charge in [-0.3, -0.25) is 4.79 Å². The fourth-order valence-electron chi connectivity index (χ4n) is 1.68. The van der Waals surface area contributed by atoms with E-state index in [0.29, 0.717) is 6.04 Å². The quantitative estimate of drug-likeness (QED) is 0.709. The third kappa shape index (κ3) is 2.69. The summed E-state index contributed by atoms with van der Waals surface area (Å²) in [4.78, 5) is 13.6. The molecule has 1 fully saturated rings. The molecule has 0 radical (unpaired) electrons. The Morgan fingerprint density at radius 2 is 2.07 bits per heavy atom. The summed E-state index contributed by atoms with van der Waals surface area (Å²) < 4.78 is 5.26. The van der Waals surface area contributed by atoms with Crippen molar-refractivity contribution in [2.45, 2.75) is 31.8 Å². The van der Waals surface area contributed by atoms with Gasteiger partial charge < -0.3 is 15.0 Å². The molecule has 4 nitrogen and oxygen atoms in total. The fraction of sp³-hybridized carbons (Fsp3) is 0.900. The average molecular weight is 200 g/mol. The average Bonchev–Trinajstić information content (AvgIpc) is 2.27. The Kier molecular flexibility index (Phi) is 4.35. The first-order chi connectivity index (χ1) is 6.66. The topological polar surface area (TPSA) is 41.6 Å². The first kappa shape index (κ1) is 11.5. The lowest BCUT2D eigenvalue weighted by Gasteiger charge is -2.32. The molecule has 0 spiro atoms. The Hall–Kier alpha value is -0.610. The van der Waals surface area contributed by atoms with Crippen LogP contribution in [0.15, 0.2) is 0 Å². The Labute approximate surface area is 85.6 Å². The minimum Gasteiger partial charge on any atom is -0.381 e. The van der Waals surface area contributed by atoms with E-state index in [9.17, 15) is 4.79 Å². The van der Waals surface area contributed by atoms with Gasteiger partial charge in [-0.1, -0.05) is 0 Å². The molecule has 0 aromatic heterocycles. The van der Waals surface area contributed by atoms with Crippen LogP contribution < -0.4 is 5.32 Å². The minimum absolute atomic E-state index is 0.0946. The molecule has 0 aromatic carbocycles. The molecule has 0 saturated carbocycles. The maximum Gasteiger partial charge on any atom is 0.239 e. The van der Waals surface area contributed by atoms with Crippen LogP contribution in [0.4, 0.5) is 0 Å². The first-order valence-corrected chi connectivity index (χ1v) is 5.18. The number of hydrogen-bond acceptors (Lipinski definition) is 3. The SMILES string of the molecule is CNC(C)C(=O)N(C)C1CCOCC1. The number of hydrogen-bond donors (Lipinski definition) is 1. The third-order valence-corrected chi connectivity index (χ3v) is 2.89. The van der Waals surface area contributed by atoms with Crippen LogP contribution in [0.3, 0.4) is 0 Å². The van der Waals surface area contributed by atoms with Crippen LogP contribution in [-0.2, 0) is 9.53 Å². The zero-order valence-electron chi connectivity index (χ0n) is 9.25. The number of nitrogens with one attached hydrogen (secondary N) is 1. The van der Waals surface area contributed by atoms with Crippen LogP contribution in [0.25, 0.3) is 0 Å². The maximum atomic E-state index is 11.8. The van der Waals surface area contributed by atoms with Gasteiger partial charge in [0, 0.05) is 26.3 Å². The summed E-state index contributed by atoms with van der Waals surface area (Å²) in [5, 5.41) is 2.96. The number of rotatable bonds is 3. The van der Waals surface area contributed by atoms with Crippen LogP contribution in [0.5, 0.6) is 0 Å². The summed E-state index contributed by atoms with van der Waals surface area (Å²) >= 11 is 0. The number of carbonyl (C=O) groups is 1. The van der Waals surface area contributed by atoms with Gasteiger partial charge >= 0.3 is 0 Å². The second-order valence-electron chi connectivity index (χ2n) is 3.80. The number of amides is 1. The van der Waals surface area contributed by atoms with Gasteiger partial charge in [-0.05, 0) is 26.8 Å². The van der Waals surface area contributed by atoms with Gasteiger partial charge in [0.15, 0.2) is 0 Å². The third-order valence-electron chi connectivity index (χ3n) is 2.89. The molecule has 1 aliphatic heterocycles. The monoisotopic (exact) mass is 200 g/mol. The molecule has 1 unspecified atom stereocenters. The summed E-state index contributed by atoms with van der Waals surface area (Å²) in [6, 6.07) is 0.259. The summed E-state index contributed by atoms with van der Waals surface area (Å²) in [5.74, 6) is 0.166. The standard InChI is InChI=1S/C10H20N2O2/c1-8(11-2)10(13)12(3)9-4-6-14-7-5-9/h8-9,11H,4-7H2,1-3H3. The Balaban J connectivity index is 2.45. The molecule has 1 rings (SSSR count). The van der Waals surface area contributed by atoms with Crippen molar-refractivity contribution < 1.29 is 9.53 Å². The van der Waals surface area contributed by atoms with E-state index >= 15 is 0 Å². The lowest BCUT2D eigenvalue weighted by molar-refractivity contribution is -0.135. The van der Waals surface area contributed by atoms with Gasteiger partial charge in [0.25, 0.3) is 0 Å². The van der Waals surface area contributed by atoms with E-state index in [1.807, 2.05) is 18.9 Å². The van der Waals surface area contributed by atoms with Gasteiger partial charge in [0.2, 0.25) is 5.91 Å². The van der Waals surface area contributed by atoms with Gasteiger partial charge in [0.1, 0.15) is 0 Å². The number of nitrogens with zero attached hydrogens (tertiary/aromatic N) is 1. The largest absolute Gasteiger partial charge is 0.381 e. The maximum absolute atomic E-state index is 11.8. The Bertz CT molecular complexity index is 191. The summed E-state index contributed by atoms with van der Waals surface area (Å²) in [6.45, 7) is 3.44. The van der Waals surface area contributed by atoms with Crippen molar-refractivity contribution in [1.29, 1.82) is 0 Å². The van der Waals surface area contributed by atoms with Crippen LogP contribution in [0.1, 0.15) is 19.8 Å². The van der Waals surface area contributed by atoms with Gasteiger partial charge in [-0.15, -0.1) is 0 Å². The fourth-order valence-corrected chi connectivity index (χ4v) is 1.68. The highest BCUT2D eigenvalue weighted by Gasteiger charge is 2.24. The molecule has 1 aliphatic rings. The molecule has 1 atom stereocenters. The molecule has 82 valence electrons. The summed E-state index contributed by atoms with van der Waals surface area (Å²) in [5.41, 5.74) is 0. The lowest BCUT2D eigenvalue weighted by atomic mass is 10.1. The van der Waals surface area contributed by atoms with E-state index in [1.165, 1.54) is 0 Å². The molecule has 1 N–H and O–H groups in total. The smallest absolute Gasteiger partial charge is 0.239 e. The Morgan fingerprint density at radius 1 is 1.50 bits per heavy atom. The van der Waals surface area contributed by atoms with Crippen LogP contribution in [0.2, 0.25) is 0 Å². The van der Waals surface area contributed by atoms with Crippen LogP contribution in [-0.4, -0.2) is 50.2 Å². The highest BCUT2D eigenvalue weighted by Crippen LogP contribution is 2.13. The predicted molar refractivity (Wildman–Crippen MR) is 55.1 cm³/mol. The van der Waals surface area contributed by atoms with E-state index in [1.54, 1.807) is 7.05 Å². The summed E-state index contributed by atoms with van der Waals surface area (Å²) in [6.07, 6.45) is 1.91. The second kappa shape index (κ2) is 5.32. The highest BCUT2D eigenvalue weighted by molar-refractivity contribution is 5.81. The number of carbonyl (C=O) groups excluding carboxylic acids is 1. The molecule has 1 heterocycles. The van der Waals surface area contributed by atoms with Crippen molar-refractivity contribution in [3.8, 4) is 0 Å². The molecular formula is C10H20N2O2. The van der Waals surface area contributed by atoms with E-state index < -0.39 is 0 Å². The van der Waals surface area contributed by atoms with Crippen molar-refractivity contribution in [3.63, 3.8) is 0 Å². The van der Waals surface area contributed by atoms with Crippen molar-refractivity contribution >= 4 is 5.91 Å². The van der Waals surface area contributed by atoms with Crippen LogP contribution >= 0.6 is 0 Å². The lowest BCUT2D eigenvalue weighted by Crippen LogP contribution is -2.48. The van der Waals surface area contributed by atoms with Gasteiger partial charge in [-0.25, -0.2) is 0 Å². The normalized spacial score (nSPS) is 20.5. The first-order valence-electron chi connectivity index (χ1n) is 5.18. The highest BCUT2D eigenvalue weighted by atomic mass is 16.5. The summed E-state index contributed by atoms with van der Waals surface area (Å²) in [7, 11) is 3.69. The number of ether oxygens (including phenoxy) is 1. The molecule has 0 aromatic rings. The van der Waals surface area contributed by atoms with Gasteiger partial charge in [0.05, 0.1) is 6.04 Å². The number of likely N-dealkylation sites (N-methyl/N-ethyl adjacent to an activating group) is 2. The molecule has 0 aliphatic carbocycles. The molecule has 1 amide bonds. The minimum atomic E-state index is -0.0946.